The minimum absolute atomic E-state index is 0.190. The Morgan fingerprint density at radius 3 is 2.24 bits per heavy atom. The van der Waals surface area contributed by atoms with E-state index in [1.807, 2.05) is 0 Å². The second kappa shape index (κ2) is 8.20. The summed E-state index contributed by atoms with van der Waals surface area (Å²) in [7, 11) is 0. The fourth-order valence-electron chi connectivity index (χ4n) is 12.3. The Morgan fingerprint density at radius 2 is 1.28 bits per heavy atom. The van der Waals surface area contributed by atoms with Crippen molar-refractivity contribution in [3.8, 4) is 56.0 Å². The van der Waals surface area contributed by atoms with E-state index in [1.54, 1.807) is 11.1 Å². The Labute approximate surface area is 269 Å². The number of fused-ring (bicyclic) bond motifs is 11. The quantitative estimate of drug-likeness (QED) is 0.195. The van der Waals surface area contributed by atoms with Crippen molar-refractivity contribution in [2.45, 2.75) is 37.5 Å². The fourth-order valence-corrected chi connectivity index (χ4v) is 12.3. The highest BCUT2D eigenvalue weighted by molar-refractivity contribution is 6.10. The van der Waals surface area contributed by atoms with Crippen molar-refractivity contribution < 1.29 is 4.74 Å². The Morgan fingerprint density at radius 1 is 0.500 bits per heavy atom. The molecular weight excluding hydrogens is 556 g/mol. The lowest BCUT2D eigenvalue weighted by atomic mass is 9.49. The maximum absolute atomic E-state index is 6.62. The molecule has 0 amide bonds. The van der Waals surface area contributed by atoms with Crippen LogP contribution in [0.4, 0.5) is 0 Å². The third-order valence-corrected chi connectivity index (χ3v) is 13.8. The molecule has 1 heterocycles. The average Bonchev–Trinajstić information content (AvgIpc) is 3.56. The predicted molar refractivity (Wildman–Crippen MR) is 186 cm³/mol. The van der Waals surface area contributed by atoms with Gasteiger partial charge in [-0.05, 0) is 141 Å². The Kier molecular flexibility index (Phi) is 4.38. The summed E-state index contributed by atoms with van der Waals surface area (Å²) >= 11 is 0. The average molecular weight is 591 g/mol. The van der Waals surface area contributed by atoms with Crippen LogP contribution >= 0.6 is 0 Å². The molecule has 0 saturated heterocycles. The summed E-state index contributed by atoms with van der Waals surface area (Å²) in [6, 6.07) is 45.7. The topological polar surface area (TPSA) is 9.23 Å². The third-order valence-electron chi connectivity index (χ3n) is 13.8. The molecule has 46 heavy (non-hydrogen) atoms. The molecule has 0 aromatic heterocycles. The van der Waals surface area contributed by atoms with Gasteiger partial charge in [0.2, 0.25) is 0 Å². The second-order valence-corrected chi connectivity index (χ2v) is 15.4. The van der Waals surface area contributed by atoms with E-state index in [-0.39, 0.29) is 5.41 Å². The highest BCUT2D eigenvalue weighted by Gasteiger charge is 2.76. The summed E-state index contributed by atoms with van der Waals surface area (Å²) < 4.78 is 6.62. The van der Waals surface area contributed by atoms with Crippen molar-refractivity contribution in [3.05, 3.63) is 132 Å². The number of hydrogen-bond donors (Lipinski definition) is 0. The van der Waals surface area contributed by atoms with Crippen molar-refractivity contribution in [1.82, 2.24) is 0 Å². The molecule has 6 aliphatic rings. The Hall–Kier alpha value is -4.62. The lowest BCUT2D eigenvalue weighted by molar-refractivity contribution is -0.0193. The van der Waals surface area contributed by atoms with Crippen molar-refractivity contribution in [2.75, 3.05) is 0 Å². The number of benzene rings is 6. The zero-order valence-electron chi connectivity index (χ0n) is 25.8. The van der Waals surface area contributed by atoms with Crippen LogP contribution < -0.4 is 4.74 Å². The number of ether oxygens (including phenoxy) is 1. The SMILES string of the molecule is c1ccc(-c2ccc3c(c2)-c2cccc4c(-c5ccc6c(c5)C5(c7ccccc7-6)C6CC7CC8CC5C8(C7)C6)ccc(c24)O3)cc1. The standard InChI is InChI=1S/C45H34O/c1-2-7-27(8-3-1)28-14-17-40-37(21-28)36-11-6-10-35-32(16-18-41(46-40)43(35)36)29-13-15-34-33-9-4-5-12-38(33)45(39(34)22-29)31-20-26-19-30-23-42(45)44(30,24-26)25-31/h1-18,21-22,26,30-31,42H,19-20,23-25H2. The van der Waals surface area contributed by atoms with Gasteiger partial charge in [-0.15, -0.1) is 0 Å². The van der Waals surface area contributed by atoms with Crippen LogP contribution in [0.15, 0.2) is 121 Å². The van der Waals surface area contributed by atoms with E-state index in [9.17, 15) is 0 Å². The van der Waals surface area contributed by atoms with Crippen LogP contribution in [-0.2, 0) is 5.41 Å². The van der Waals surface area contributed by atoms with E-state index in [2.05, 4.69) is 121 Å². The summed E-state index contributed by atoms with van der Waals surface area (Å²) in [5.74, 6) is 5.42. The van der Waals surface area contributed by atoms with Gasteiger partial charge in [0.05, 0.1) is 0 Å². The molecule has 6 aromatic carbocycles. The lowest BCUT2D eigenvalue weighted by Gasteiger charge is -2.54. The number of rotatable bonds is 2. The van der Waals surface area contributed by atoms with Crippen LogP contribution in [0.2, 0.25) is 0 Å². The summed E-state index contributed by atoms with van der Waals surface area (Å²) in [5, 5.41) is 2.51. The first kappa shape index (κ1) is 24.6. The highest BCUT2D eigenvalue weighted by atomic mass is 16.5. The Balaban J connectivity index is 1.05. The maximum atomic E-state index is 6.62. The minimum atomic E-state index is 0.190. The van der Waals surface area contributed by atoms with Crippen LogP contribution in [-0.4, -0.2) is 0 Å². The predicted octanol–water partition coefficient (Wildman–Crippen LogP) is 11.7. The maximum Gasteiger partial charge on any atom is 0.135 e. The molecule has 6 aromatic rings. The summed E-state index contributed by atoms with van der Waals surface area (Å²) in [4.78, 5) is 0. The van der Waals surface area contributed by atoms with Gasteiger partial charge in [-0.3, -0.25) is 0 Å². The first-order chi connectivity index (χ1) is 22.7. The molecule has 1 nitrogen and oxygen atoms in total. The van der Waals surface area contributed by atoms with Gasteiger partial charge in [0.15, 0.2) is 0 Å². The molecule has 1 heteroatoms. The van der Waals surface area contributed by atoms with Crippen LogP contribution in [0.1, 0.15) is 43.2 Å². The summed E-state index contributed by atoms with van der Waals surface area (Å²) in [6.45, 7) is 0. The molecule has 1 aliphatic heterocycles. The van der Waals surface area contributed by atoms with Gasteiger partial charge < -0.3 is 4.74 Å². The molecule has 4 saturated carbocycles. The summed E-state index contributed by atoms with van der Waals surface area (Å²) in [5.41, 5.74) is 14.6. The fraction of sp³-hybridized carbons (Fsp3) is 0.244. The van der Waals surface area contributed by atoms with Gasteiger partial charge in [-0.1, -0.05) is 97.1 Å². The molecule has 5 aliphatic carbocycles. The molecular formula is C45H34O. The Bertz CT molecular complexity index is 2310. The first-order valence-corrected chi connectivity index (χ1v) is 17.4. The molecule has 3 bridgehead atoms. The normalized spacial score (nSPS) is 29.7. The second-order valence-electron chi connectivity index (χ2n) is 15.4. The van der Waals surface area contributed by atoms with E-state index in [0.29, 0.717) is 5.41 Å². The zero-order chi connectivity index (χ0) is 29.8. The third kappa shape index (κ3) is 2.74. The largest absolute Gasteiger partial charge is 0.456 e. The van der Waals surface area contributed by atoms with Crippen molar-refractivity contribution in [3.63, 3.8) is 0 Å². The van der Waals surface area contributed by atoms with Gasteiger partial charge in [-0.25, -0.2) is 0 Å². The van der Waals surface area contributed by atoms with Crippen LogP contribution in [0.3, 0.4) is 0 Å². The van der Waals surface area contributed by atoms with E-state index in [4.69, 9.17) is 4.74 Å². The first-order valence-electron chi connectivity index (χ1n) is 17.4. The summed E-state index contributed by atoms with van der Waals surface area (Å²) in [6.07, 6.45) is 7.33. The molecule has 0 radical (unpaired) electrons. The molecule has 0 N–H and O–H groups in total. The van der Waals surface area contributed by atoms with Crippen LogP contribution in [0.25, 0.3) is 55.3 Å². The van der Waals surface area contributed by atoms with Crippen LogP contribution in [0, 0.1) is 29.1 Å². The molecule has 220 valence electrons. The molecule has 6 atom stereocenters. The molecule has 6 unspecified atom stereocenters. The van der Waals surface area contributed by atoms with E-state index in [1.165, 1.54) is 87.4 Å². The van der Waals surface area contributed by atoms with Gasteiger partial charge in [0.1, 0.15) is 11.5 Å². The molecule has 2 spiro atoms. The van der Waals surface area contributed by atoms with Crippen LogP contribution in [0.5, 0.6) is 11.5 Å². The van der Waals surface area contributed by atoms with Gasteiger partial charge in [0, 0.05) is 16.4 Å². The van der Waals surface area contributed by atoms with E-state index in [0.717, 1.165) is 35.2 Å². The smallest absolute Gasteiger partial charge is 0.135 e. The molecule has 12 rings (SSSR count). The minimum Gasteiger partial charge on any atom is -0.456 e. The van der Waals surface area contributed by atoms with Crippen molar-refractivity contribution in [1.29, 1.82) is 0 Å². The highest BCUT2D eigenvalue weighted by Crippen LogP contribution is 2.83. The van der Waals surface area contributed by atoms with Gasteiger partial charge in [-0.2, -0.15) is 0 Å². The monoisotopic (exact) mass is 590 g/mol. The lowest BCUT2D eigenvalue weighted by Crippen LogP contribution is -2.50. The van der Waals surface area contributed by atoms with Crippen molar-refractivity contribution >= 4 is 10.8 Å². The molecule has 4 fully saturated rings. The number of hydrogen-bond acceptors (Lipinski definition) is 1. The zero-order valence-corrected chi connectivity index (χ0v) is 25.8. The van der Waals surface area contributed by atoms with E-state index < -0.39 is 0 Å². The van der Waals surface area contributed by atoms with Crippen molar-refractivity contribution in [2.24, 2.45) is 29.1 Å². The van der Waals surface area contributed by atoms with Gasteiger partial charge in [0.25, 0.3) is 0 Å². The van der Waals surface area contributed by atoms with E-state index >= 15 is 0 Å². The van der Waals surface area contributed by atoms with Gasteiger partial charge >= 0.3 is 0 Å².